The summed E-state index contributed by atoms with van der Waals surface area (Å²) in [6.45, 7) is 0.308. The van der Waals surface area contributed by atoms with Crippen molar-refractivity contribution in [3.05, 3.63) is 89.2 Å². The van der Waals surface area contributed by atoms with Crippen molar-refractivity contribution in [3.8, 4) is 0 Å². The van der Waals surface area contributed by atoms with Gasteiger partial charge in [0.2, 0.25) is 0 Å². The van der Waals surface area contributed by atoms with Crippen molar-refractivity contribution in [1.82, 2.24) is 10.3 Å². The minimum atomic E-state index is -3.86. The molecule has 0 bridgehead atoms. The van der Waals surface area contributed by atoms with Crippen LogP contribution in [-0.4, -0.2) is 32.1 Å². The number of anilines is 1. The summed E-state index contributed by atoms with van der Waals surface area (Å²) in [4.78, 5) is 16.4. The standard InChI is InChI=1S/C22H20ClN3O4S/c23-18-5-7-20(8-6-18)31(28,29)26-15-19(13-17-3-1-2-4-21(17)26)30-22(27)25-14-16-9-11-24-12-10-16/h1-12,19H,13-15H2,(H,25,27)/t19-/m1/s1. The molecule has 3 aromatic rings. The van der Waals surface area contributed by atoms with E-state index in [2.05, 4.69) is 10.3 Å². The van der Waals surface area contributed by atoms with Crippen molar-refractivity contribution in [2.75, 3.05) is 10.8 Å². The molecule has 7 nitrogen and oxygen atoms in total. The first kappa shape index (κ1) is 21.1. The predicted molar refractivity (Wildman–Crippen MR) is 117 cm³/mol. The lowest BCUT2D eigenvalue weighted by Gasteiger charge is -2.34. The Kier molecular flexibility index (Phi) is 6.11. The molecule has 0 fully saturated rings. The molecule has 1 atom stereocenters. The van der Waals surface area contributed by atoms with Crippen LogP contribution in [0.2, 0.25) is 5.02 Å². The van der Waals surface area contributed by atoms with Gasteiger partial charge in [-0.05, 0) is 53.6 Å². The molecule has 0 spiro atoms. The minimum absolute atomic E-state index is 0.0185. The fourth-order valence-electron chi connectivity index (χ4n) is 3.43. The molecule has 1 aliphatic heterocycles. The minimum Gasteiger partial charge on any atom is -0.444 e. The third-order valence-electron chi connectivity index (χ3n) is 4.94. The number of nitrogens with one attached hydrogen (secondary N) is 1. The number of alkyl carbamates (subject to hydrolysis) is 1. The van der Waals surface area contributed by atoms with Crippen LogP contribution in [-0.2, 0) is 27.7 Å². The highest BCUT2D eigenvalue weighted by atomic mass is 35.5. The maximum absolute atomic E-state index is 13.3. The number of carbonyl (C=O) groups excluding carboxylic acids is 1. The van der Waals surface area contributed by atoms with Crippen molar-refractivity contribution in [3.63, 3.8) is 0 Å². The highest BCUT2D eigenvalue weighted by molar-refractivity contribution is 7.92. The number of ether oxygens (including phenoxy) is 1. The van der Waals surface area contributed by atoms with Gasteiger partial charge >= 0.3 is 6.09 Å². The topological polar surface area (TPSA) is 88.6 Å². The summed E-state index contributed by atoms with van der Waals surface area (Å²) >= 11 is 5.91. The molecular weight excluding hydrogens is 438 g/mol. The molecule has 31 heavy (non-hydrogen) atoms. The third kappa shape index (κ3) is 4.81. The average Bonchev–Trinajstić information content (AvgIpc) is 2.78. The molecule has 0 radical (unpaired) electrons. The molecule has 0 aliphatic carbocycles. The Morgan fingerprint density at radius 2 is 1.81 bits per heavy atom. The fraction of sp³-hybridized carbons (Fsp3) is 0.182. The number of amides is 1. The van der Waals surface area contributed by atoms with E-state index in [9.17, 15) is 13.2 Å². The maximum atomic E-state index is 13.3. The Labute approximate surface area is 185 Å². The Bertz CT molecular complexity index is 1170. The van der Waals surface area contributed by atoms with E-state index < -0.39 is 22.2 Å². The summed E-state index contributed by atoms with van der Waals surface area (Å²) in [5.74, 6) is 0. The molecule has 2 heterocycles. The van der Waals surface area contributed by atoms with Gasteiger partial charge in [-0.1, -0.05) is 29.8 Å². The van der Waals surface area contributed by atoms with E-state index in [0.717, 1.165) is 11.1 Å². The van der Waals surface area contributed by atoms with Crippen LogP contribution in [0, 0.1) is 0 Å². The monoisotopic (exact) mass is 457 g/mol. The number of rotatable bonds is 5. The van der Waals surface area contributed by atoms with Crippen LogP contribution in [0.1, 0.15) is 11.1 Å². The summed E-state index contributed by atoms with van der Waals surface area (Å²) in [6.07, 6.45) is 2.46. The zero-order chi connectivity index (χ0) is 21.8. The zero-order valence-corrected chi connectivity index (χ0v) is 18.0. The number of para-hydroxylation sites is 1. The Morgan fingerprint density at radius 3 is 2.55 bits per heavy atom. The van der Waals surface area contributed by atoms with Gasteiger partial charge < -0.3 is 10.1 Å². The zero-order valence-electron chi connectivity index (χ0n) is 16.4. The molecule has 2 aromatic carbocycles. The summed E-state index contributed by atoms with van der Waals surface area (Å²) in [6, 6.07) is 16.8. The van der Waals surface area contributed by atoms with Gasteiger partial charge in [0.1, 0.15) is 6.10 Å². The van der Waals surface area contributed by atoms with Crippen molar-refractivity contribution < 1.29 is 17.9 Å². The molecule has 0 unspecified atom stereocenters. The normalized spacial score (nSPS) is 15.8. The third-order valence-corrected chi connectivity index (χ3v) is 6.98. The van der Waals surface area contributed by atoms with Crippen LogP contribution in [0.4, 0.5) is 10.5 Å². The Balaban J connectivity index is 1.53. The molecule has 1 aromatic heterocycles. The number of halogens is 1. The van der Waals surface area contributed by atoms with Gasteiger partial charge in [0.25, 0.3) is 10.0 Å². The largest absolute Gasteiger partial charge is 0.444 e. The lowest BCUT2D eigenvalue weighted by atomic mass is 10.0. The van der Waals surface area contributed by atoms with Crippen LogP contribution >= 0.6 is 11.6 Å². The van der Waals surface area contributed by atoms with Crippen molar-refractivity contribution in [2.24, 2.45) is 0 Å². The number of hydrogen-bond acceptors (Lipinski definition) is 5. The number of fused-ring (bicyclic) bond motifs is 1. The molecule has 1 aliphatic rings. The van der Waals surface area contributed by atoms with Crippen LogP contribution < -0.4 is 9.62 Å². The van der Waals surface area contributed by atoms with Gasteiger partial charge in [0.05, 0.1) is 17.1 Å². The second-order valence-electron chi connectivity index (χ2n) is 7.06. The van der Waals surface area contributed by atoms with E-state index in [0.29, 0.717) is 17.1 Å². The smallest absolute Gasteiger partial charge is 0.407 e. The van der Waals surface area contributed by atoms with Crippen LogP contribution in [0.5, 0.6) is 0 Å². The summed E-state index contributed by atoms with van der Waals surface area (Å²) < 4.78 is 33.5. The molecule has 1 N–H and O–H groups in total. The van der Waals surface area contributed by atoms with E-state index in [-0.39, 0.29) is 18.0 Å². The molecule has 0 saturated carbocycles. The first-order valence-corrected chi connectivity index (χ1v) is 11.4. The average molecular weight is 458 g/mol. The first-order chi connectivity index (χ1) is 14.9. The number of benzene rings is 2. The van der Waals surface area contributed by atoms with Crippen LogP contribution in [0.15, 0.2) is 78.0 Å². The molecule has 1 amide bonds. The Morgan fingerprint density at radius 1 is 1.10 bits per heavy atom. The van der Waals surface area contributed by atoms with E-state index in [1.54, 1.807) is 36.7 Å². The predicted octanol–water partition coefficient (Wildman–Crippen LogP) is 3.78. The summed E-state index contributed by atoms with van der Waals surface area (Å²) in [7, 11) is -3.86. The highest BCUT2D eigenvalue weighted by Crippen LogP contribution is 2.33. The molecule has 160 valence electrons. The maximum Gasteiger partial charge on any atom is 0.407 e. The Hall–Kier alpha value is -3.10. The summed E-state index contributed by atoms with van der Waals surface area (Å²) in [5, 5.41) is 3.14. The van der Waals surface area contributed by atoms with Crippen LogP contribution in [0.25, 0.3) is 0 Å². The number of pyridine rings is 1. The second kappa shape index (κ2) is 8.95. The molecule has 9 heteroatoms. The van der Waals surface area contributed by atoms with Crippen molar-refractivity contribution in [1.29, 1.82) is 0 Å². The quantitative estimate of drug-likeness (QED) is 0.629. The van der Waals surface area contributed by atoms with E-state index >= 15 is 0 Å². The SMILES string of the molecule is O=C(NCc1ccncc1)O[C@@H]1Cc2ccccc2N(S(=O)(=O)c2ccc(Cl)cc2)C1. The number of sulfonamides is 1. The lowest BCUT2D eigenvalue weighted by molar-refractivity contribution is 0.0997. The van der Waals surface area contributed by atoms with E-state index in [4.69, 9.17) is 16.3 Å². The number of aromatic nitrogens is 1. The highest BCUT2D eigenvalue weighted by Gasteiger charge is 2.34. The molecule has 4 rings (SSSR count). The fourth-order valence-corrected chi connectivity index (χ4v) is 5.09. The van der Waals surface area contributed by atoms with Gasteiger partial charge in [0, 0.05) is 30.4 Å². The van der Waals surface area contributed by atoms with Crippen LogP contribution in [0.3, 0.4) is 0 Å². The molecular formula is C22H20ClN3O4S. The first-order valence-electron chi connectivity index (χ1n) is 9.63. The number of carbonyl (C=O) groups is 1. The van der Waals surface area contributed by atoms with Crippen molar-refractivity contribution in [2.45, 2.75) is 24.0 Å². The van der Waals surface area contributed by atoms with Gasteiger partial charge in [-0.25, -0.2) is 13.2 Å². The van der Waals surface area contributed by atoms with Gasteiger partial charge in [0.15, 0.2) is 0 Å². The number of hydrogen-bond donors (Lipinski definition) is 1. The van der Waals surface area contributed by atoms with Gasteiger partial charge in [-0.2, -0.15) is 0 Å². The second-order valence-corrected chi connectivity index (χ2v) is 9.36. The number of nitrogens with zero attached hydrogens (tertiary/aromatic N) is 2. The van der Waals surface area contributed by atoms with E-state index in [1.807, 2.05) is 12.1 Å². The molecule has 0 saturated heterocycles. The van der Waals surface area contributed by atoms with Gasteiger partial charge in [-0.3, -0.25) is 9.29 Å². The summed E-state index contributed by atoms with van der Waals surface area (Å²) in [5.41, 5.74) is 2.25. The lowest BCUT2D eigenvalue weighted by Crippen LogP contribution is -2.45. The van der Waals surface area contributed by atoms with Crippen molar-refractivity contribution >= 4 is 33.4 Å². The van der Waals surface area contributed by atoms with Gasteiger partial charge in [-0.15, -0.1) is 0 Å². The van der Waals surface area contributed by atoms with E-state index in [1.165, 1.54) is 28.6 Å².